The molecule has 0 saturated heterocycles. The third-order valence-corrected chi connectivity index (χ3v) is 2.06. The summed E-state index contributed by atoms with van der Waals surface area (Å²) in [6, 6.07) is 0. The van der Waals surface area contributed by atoms with E-state index in [2.05, 4.69) is 0 Å². The summed E-state index contributed by atoms with van der Waals surface area (Å²) in [5, 5.41) is 39.9. The van der Waals surface area contributed by atoms with Gasteiger partial charge in [-0.05, 0) is 25.7 Å². The van der Waals surface area contributed by atoms with Gasteiger partial charge >= 0.3 is 23.9 Å². The molecule has 0 unspecified atom stereocenters. The number of rotatable bonds is 10. The molecule has 0 atom stereocenters. The van der Waals surface area contributed by atoms with Crippen LogP contribution in [0.1, 0.15) is 58.3 Å². The van der Waals surface area contributed by atoms with Gasteiger partial charge in [0.05, 0.1) is 0 Å². The first-order valence-electron chi connectivity index (χ1n) is 7.05. The molecule has 0 aliphatic carbocycles. The predicted octanol–water partition coefficient (Wildman–Crippen LogP) is 1.52. The molecule has 0 aliphatic heterocycles. The van der Waals surface area contributed by atoms with E-state index in [0.717, 1.165) is 6.92 Å². The van der Waals surface area contributed by atoms with Crippen LogP contribution in [0.15, 0.2) is 0 Å². The van der Waals surface area contributed by atoms with Gasteiger partial charge < -0.3 is 25.5 Å². The normalized spacial score (nSPS) is 8.71. The number of hydrogen-bond acceptors (Lipinski definition) is 5. The van der Waals surface area contributed by atoms with E-state index >= 15 is 0 Å². The van der Waals surface area contributed by atoms with Crippen LogP contribution in [-0.4, -0.2) is 55.4 Å². The Morgan fingerprint density at radius 3 is 0.708 bits per heavy atom. The third kappa shape index (κ3) is 50.6. The highest BCUT2D eigenvalue weighted by molar-refractivity contribution is 5.68. The van der Waals surface area contributed by atoms with Crippen LogP contribution in [0.3, 0.4) is 0 Å². The number of carboxylic acid groups (broad SMARTS) is 5. The fourth-order valence-corrected chi connectivity index (χ4v) is 1.10. The molecule has 0 aliphatic rings. The van der Waals surface area contributed by atoms with Gasteiger partial charge in [-0.1, -0.05) is 0 Å². The van der Waals surface area contributed by atoms with Crippen LogP contribution in [-0.2, 0) is 24.0 Å². The molecule has 0 radical (unpaired) electrons. The number of carbonyl (C=O) groups is 5. The van der Waals surface area contributed by atoms with Crippen LogP contribution in [0, 0.1) is 0 Å². The average Bonchev–Trinajstić information content (AvgIpc) is 2.39. The Hall–Kier alpha value is -2.65. The van der Waals surface area contributed by atoms with Crippen molar-refractivity contribution in [1.29, 1.82) is 0 Å². The largest absolute Gasteiger partial charge is 0.481 e. The maximum Gasteiger partial charge on any atom is 0.303 e. The Labute approximate surface area is 138 Å². The van der Waals surface area contributed by atoms with E-state index in [1.54, 1.807) is 0 Å². The molecule has 0 bridgehead atoms. The SMILES string of the molecule is CC(=O)O.O=C(O)CCCCC(=O)O.O=C(O)CCCCC(=O)O. The summed E-state index contributed by atoms with van der Waals surface area (Å²) >= 11 is 0. The molecule has 0 spiro atoms. The minimum atomic E-state index is -0.870. The second-order valence-electron chi connectivity index (χ2n) is 4.51. The summed E-state index contributed by atoms with van der Waals surface area (Å²) in [4.78, 5) is 48.6. The van der Waals surface area contributed by atoms with E-state index in [-0.39, 0.29) is 25.7 Å². The first-order valence-corrected chi connectivity index (χ1v) is 7.05. The molecule has 0 heterocycles. The Bertz CT molecular complexity index is 334. The summed E-state index contributed by atoms with van der Waals surface area (Å²) in [6.07, 6.45) is 2.04. The van der Waals surface area contributed by atoms with Gasteiger partial charge in [-0.3, -0.25) is 24.0 Å². The number of unbranched alkanes of at least 4 members (excludes halogenated alkanes) is 2. The summed E-state index contributed by atoms with van der Waals surface area (Å²) in [5.74, 6) is -4.31. The highest BCUT2D eigenvalue weighted by atomic mass is 16.4. The molecule has 0 aromatic rings. The lowest BCUT2D eigenvalue weighted by atomic mass is 10.2. The molecule has 0 aromatic heterocycles. The highest BCUT2D eigenvalue weighted by Crippen LogP contribution is 1.99. The monoisotopic (exact) mass is 352 g/mol. The second-order valence-corrected chi connectivity index (χ2v) is 4.51. The van der Waals surface area contributed by atoms with Crippen molar-refractivity contribution in [3.05, 3.63) is 0 Å². The van der Waals surface area contributed by atoms with Gasteiger partial charge in [0.2, 0.25) is 0 Å². The van der Waals surface area contributed by atoms with Gasteiger partial charge in [-0.25, -0.2) is 0 Å². The standard InChI is InChI=1S/2C6H10O4.C2H4O2/c2*7-5(8)3-1-2-4-6(9)10;1-2(3)4/h2*1-4H2,(H,7,8)(H,9,10);1H3,(H,3,4). The maximum absolute atomic E-state index is 9.90. The Kier molecular flexibility index (Phi) is 20.1. The fraction of sp³-hybridized carbons (Fsp3) is 0.643. The van der Waals surface area contributed by atoms with E-state index in [0.29, 0.717) is 25.7 Å². The van der Waals surface area contributed by atoms with Crippen LogP contribution in [0.25, 0.3) is 0 Å². The summed E-state index contributed by atoms with van der Waals surface area (Å²) in [7, 11) is 0. The molecular formula is C14H24O10. The zero-order valence-corrected chi connectivity index (χ0v) is 13.4. The summed E-state index contributed by atoms with van der Waals surface area (Å²) < 4.78 is 0. The maximum atomic E-state index is 9.90. The molecule has 10 nitrogen and oxygen atoms in total. The van der Waals surface area contributed by atoms with Crippen molar-refractivity contribution >= 4 is 29.8 Å². The van der Waals surface area contributed by atoms with Crippen molar-refractivity contribution in [2.24, 2.45) is 0 Å². The average molecular weight is 352 g/mol. The number of aliphatic carboxylic acids is 5. The first kappa shape index (κ1) is 26.3. The Morgan fingerprint density at radius 2 is 0.625 bits per heavy atom. The van der Waals surface area contributed by atoms with Crippen molar-refractivity contribution < 1.29 is 49.5 Å². The molecule has 10 heteroatoms. The molecule has 0 aromatic carbocycles. The van der Waals surface area contributed by atoms with E-state index in [1.165, 1.54) is 0 Å². The topological polar surface area (TPSA) is 186 Å². The van der Waals surface area contributed by atoms with Crippen LogP contribution in [0.2, 0.25) is 0 Å². The minimum absolute atomic E-state index is 0.0628. The fourth-order valence-electron chi connectivity index (χ4n) is 1.10. The molecule has 0 rings (SSSR count). The Morgan fingerprint density at radius 1 is 0.500 bits per heavy atom. The van der Waals surface area contributed by atoms with Crippen LogP contribution < -0.4 is 0 Å². The molecule has 140 valence electrons. The lowest BCUT2D eigenvalue weighted by molar-refractivity contribution is -0.139. The van der Waals surface area contributed by atoms with Gasteiger partial charge in [0.1, 0.15) is 0 Å². The Balaban J connectivity index is -0.000000301. The number of hydrogen-bond donors (Lipinski definition) is 5. The molecule has 5 N–H and O–H groups in total. The second kappa shape index (κ2) is 18.4. The summed E-state index contributed by atoms with van der Waals surface area (Å²) in [6.45, 7) is 1.08. The molecule has 0 amide bonds. The van der Waals surface area contributed by atoms with Crippen molar-refractivity contribution in [3.63, 3.8) is 0 Å². The van der Waals surface area contributed by atoms with Crippen molar-refractivity contribution in [3.8, 4) is 0 Å². The molecular weight excluding hydrogens is 328 g/mol. The van der Waals surface area contributed by atoms with Crippen LogP contribution in [0.5, 0.6) is 0 Å². The zero-order chi connectivity index (χ0) is 19.5. The van der Waals surface area contributed by atoms with Gasteiger partial charge in [-0.2, -0.15) is 0 Å². The van der Waals surface area contributed by atoms with E-state index < -0.39 is 29.8 Å². The van der Waals surface area contributed by atoms with Crippen molar-refractivity contribution in [1.82, 2.24) is 0 Å². The molecule has 0 fully saturated rings. The van der Waals surface area contributed by atoms with Crippen molar-refractivity contribution in [2.45, 2.75) is 58.3 Å². The van der Waals surface area contributed by atoms with E-state index in [9.17, 15) is 19.2 Å². The third-order valence-electron chi connectivity index (χ3n) is 2.06. The lowest BCUT2D eigenvalue weighted by Gasteiger charge is -1.92. The summed E-state index contributed by atoms with van der Waals surface area (Å²) in [5.41, 5.74) is 0. The van der Waals surface area contributed by atoms with Gasteiger partial charge in [-0.15, -0.1) is 0 Å². The minimum Gasteiger partial charge on any atom is -0.481 e. The molecule has 0 saturated carbocycles. The highest BCUT2D eigenvalue weighted by Gasteiger charge is 1.99. The molecule has 24 heavy (non-hydrogen) atoms. The van der Waals surface area contributed by atoms with Gasteiger partial charge in [0, 0.05) is 32.6 Å². The zero-order valence-electron chi connectivity index (χ0n) is 13.4. The van der Waals surface area contributed by atoms with Crippen LogP contribution in [0.4, 0.5) is 0 Å². The van der Waals surface area contributed by atoms with Gasteiger partial charge in [0.15, 0.2) is 0 Å². The lowest BCUT2D eigenvalue weighted by Crippen LogP contribution is -1.97. The smallest absolute Gasteiger partial charge is 0.303 e. The van der Waals surface area contributed by atoms with Crippen molar-refractivity contribution in [2.75, 3.05) is 0 Å². The first-order chi connectivity index (χ1) is 11.0. The number of carboxylic acids is 5. The quantitative estimate of drug-likeness (QED) is 0.361. The van der Waals surface area contributed by atoms with Crippen LogP contribution >= 0.6 is 0 Å². The predicted molar refractivity (Wildman–Crippen MR) is 80.8 cm³/mol. The van der Waals surface area contributed by atoms with E-state index in [1.807, 2.05) is 0 Å². The van der Waals surface area contributed by atoms with Gasteiger partial charge in [0.25, 0.3) is 5.97 Å². The van der Waals surface area contributed by atoms with E-state index in [4.69, 9.17) is 30.3 Å².